The predicted molar refractivity (Wildman–Crippen MR) is 60.4 cm³/mol. The highest BCUT2D eigenvalue weighted by atomic mass is 35.5. The third-order valence-corrected chi connectivity index (χ3v) is 2.21. The number of amides is 1. The molecule has 0 aliphatic rings. The first-order chi connectivity index (χ1) is 7.41. The Balaban J connectivity index is 2.85. The van der Waals surface area contributed by atoms with Gasteiger partial charge in [-0.25, -0.2) is 0 Å². The first-order valence-corrected chi connectivity index (χ1v) is 4.88. The van der Waals surface area contributed by atoms with E-state index in [9.17, 15) is 9.59 Å². The minimum atomic E-state index is -1.11. The molecule has 1 aromatic carbocycles. The van der Waals surface area contributed by atoms with Crippen LogP contribution in [0.1, 0.15) is 17.3 Å². The standard InChI is InChI=1S/C10H11ClN2O3/c1-5(10(15)16)13-9(14)7-3-2-6(11)4-8(7)12/h2-5H,12H2,1H3,(H,13,14)(H,15,16). The van der Waals surface area contributed by atoms with Crippen molar-refractivity contribution in [1.82, 2.24) is 5.32 Å². The van der Waals surface area contributed by atoms with Crippen LogP contribution in [0.2, 0.25) is 5.02 Å². The maximum Gasteiger partial charge on any atom is 0.325 e. The fourth-order valence-electron chi connectivity index (χ4n) is 1.08. The number of anilines is 1. The molecule has 0 bridgehead atoms. The van der Waals surface area contributed by atoms with E-state index in [4.69, 9.17) is 22.4 Å². The van der Waals surface area contributed by atoms with Gasteiger partial charge in [-0.15, -0.1) is 0 Å². The smallest absolute Gasteiger partial charge is 0.325 e. The molecule has 86 valence electrons. The largest absolute Gasteiger partial charge is 0.480 e. The van der Waals surface area contributed by atoms with E-state index in [0.29, 0.717) is 5.02 Å². The molecule has 6 heteroatoms. The van der Waals surface area contributed by atoms with Gasteiger partial charge in [0.25, 0.3) is 5.91 Å². The van der Waals surface area contributed by atoms with E-state index in [1.807, 2.05) is 0 Å². The van der Waals surface area contributed by atoms with Crippen LogP contribution >= 0.6 is 11.6 Å². The number of carbonyl (C=O) groups excluding carboxylic acids is 1. The van der Waals surface area contributed by atoms with E-state index >= 15 is 0 Å². The van der Waals surface area contributed by atoms with Gasteiger partial charge >= 0.3 is 5.97 Å². The van der Waals surface area contributed by atoms with Gasteiger partial charge in [0.1, 0.15) is 6.04 Å². The monoisotopic (exact) mass is 242 g/mol. The lowest BCUT2D eigenvalue weighted by Crippen LogP contribution is -2.38. The Labute approximate surface area is 97.2 Å². The van der Waals surface area contributed by atoms with Gasteiger partial charge in [-0.1, -0.05) is 11.6 Å². The fraction of sp³-hybridized carbons (Fsp3) is 0.200. The van der Waals surface area contributed by atoms with Crippen LogP contribution in [0, 0.1) is 0 Å². The molecule has 5 nitrogen and oxygen atoms in total. The van der Waals surface area contributed by atoms with Gasteiger partial charge in [0.15, 0.2) is 0 Å². The first-order valence-electron chi connectivity index (χ1n) is 4.50. The maximum absolute atomic E-state index is 11.6. The van der Waals surface area contributed by atoms with Gasteiger partial charge in [-0.05, 0) is 25.1 Å². The topological polar surface area (TPSA) is 92.4 Å². The van der Waals surface area contributed by atoms with Gasteiger partial charge in [0, 0.05) is 10.7 Å². The number of nitrogens with two attached hydrogens (primary N) is 1. The average Bonchev–Trinajstić information content (AvgIpc) is 2.16. The Hall–Kier alpha value is -1.75. The number of rotatable bonds is 3. The SMILES string of the molecule is CC(NC(=O)c1ccc(Cl)cc1N)C(=O)O. The Kier molecular flexibility index (Phi) is 3.73. The molecule has 1 unspecified atom stereocenters. The normalized spacial score (nSPS) is 11.9. The molecule has 0 aliphatic heterocycles. The summed E-state index contributed by atoms with van der Waals surface area (Å²) in [6.45, 7) is 1.37. The number of nitrogens with one attached hydrogen (secondary N) is 1. The number of benzene rings is 1. The van der Waals surface area contributed by atoms with E-state index in [-0.39, 0.29) is 11.3 Å². The van der Waals surface area contributed by atoms with Crippen LogP contribution in [0.3, 0.4) is 0 Å². The van der Waals surface area contributed by atoms with Gasteiger partial charge in [-0.3, -0.25) is 9.59 Å². The van der Waals surface area contributed by atoms with Crippen LogP contribution in [0.4, 0.5) is 5.69 Å². The molecule has 1 aromatic rings. The predicted octanol–water partition coefficient (Wildman–Crippen LogP) is 1.13. The molecule has 0 heterocycles. The number of carboxylic acids is 1. The maximum atomic E-state index is 11.6. The zero-order valence-electron chi connectivity index (χ0n) is 8.53. The zero-order chi connectivity index (χ0) is 12.3. The number of nitrogen functional groups attached to an aromatic ring is 1. The zero-order valence-corrected chi connectivity index (χ0v) is 9.28. The average molecular weight is 243 g/mol. The van der Waals surface area contributed by atoms with Crippen LogP contribution in [0.5, 0.6) is 0 Å². The van der Waals surface area contributed by atoms with Crippen molar-refractivity contribution >= 4 is 29.2 Å². The highest BCUT2D eigenvalue weighted by molar-refractivity contribution is 6.31. The Morgan fingerprint density at radius 2 is 2.12 bits per heavy atom. The van der Waals surface area contributed by atoms with Crippen LogP contribution < -0.4 is 11.1 Å². The summed E-state index contributed by atoms with van der Waals surface area (Å²) in [5, 5.41) is 11.3. The summed E-state index contributed by atoms with van der Waals surface area (Å²) in [6.07, 6.45) is 0. The number of hydrogen-bond donors (Lipinski definition) is 3. The second-order valence-electron chi connectivity index (χ2n) is 3.26. The summed E-state index contributed by atoms with van der Waals surface area (Å²) < 4.78 is 0. The second-order valence-corrected chi connectivity index (χ2v) is 3.70. The molecule has 0 fully saturated rings. The molecule has 0 spiro atoms. The Morgan fingerprint density at radius 3 is 2.62 bits per heavy atom. The van der Waals surface area contributed by atoms with Gasteiger partial charge in [0.05, 0.1) is 5.56 Å². The van der Waals surface area contributed by atoms with Crippen molar-refractivity contribution in [3.8, 4) is 0 Å². The minimum absolute atomic E-state index is 0.206. The second kappa shape index (κ2) is 4.85. The lowest BCUT2D eigenvalue weighted by molar-refractivity contribution is -0.138. The number of aliphatic carboxylic acids is 1. The van der Waals surface area contributed by atoms with E-state index < -0.39 is 17.9 Å². The van der Waals surface area contributed by atoms with Gasteiger partial charge < -0.3 is 16.2 Å². The molecule has 0 saturated carbocycles. The number of carboxylic acid groups (broad SMARTS) is 1. The summed E-state index contributed by atoms with van der Waals surface area (Å²) in [4.78, 5) is 22.1. The first kappa shape index (κ1) is 12.3. The van der Waals surface area contributed by atoms with Crippen molar-refractivity contribution in [2.24, 2.45) is 0 Å². The van der Waals surface area contributed by atoms with E-state index in [1.54, 1.807) is 0 Å². The van der Waals surface area contributed by atoms with Crippen molar-refractivity contribution in [3.05, 3.63) is 28.8 Å². The molecule has 1 atom stereocenters. The quantitative estimate of drug-likeness (QED) is 0.693. The van der Waals surface area contributed by atoms with E-state index in [2.05, 4.69) is 5.32 Å². The lowest BCUT2D eigenvalue weighted by Gasteiger charge is -2.10. The number of halogens is 1. The van der Waals surface area contributed by atoms with Gasteiger partial charge in [-0.2, -0.15) is 0 Å². The molecule has 1 amide bonds. The summed E-state index contributed by atoms with van der Waals surface area (Å²) in [7, 11) is 0. The summed E-state index contributed by atoms with van der Waals surface area (Å²) in [5.74, 6) is -1.65. The summed E-state index contributed by atoms with van der Waals surface area (Å²) in [5.41, 5.74) is 6.00. The van der Waals surface area contributed by atoms with Crippen LogP contribution in [-0.2, 0) is 4.79 Å². The van der Waals surface area contributed by atoms with Crippen molar-refractivity contribution in [1.29, 1.82) is 0 Å². The molecule has 1 rings (SSSR count). The molecule has 0 aromatic heterocycles. The van der Waals surface area contributed by atoms with Crippen molar-refractivity contribution in [3.63, 3.8) is 0 Å². The minimum Gasteiger partial charge on any atom is -0.480 e. The number of carbonyl (C=O) groups is 2. The fourth-order valence-corrected chi connectivity index (χ4v) is 1.26. The molecule has 0 saturated heterocycles. The van der Waals surface area contributed by atoms with Gasteiger partial charge in [0.2, 0.25) is 0 Å². The van der Waals surface area contributed by atoms with Crippen LogP contribution in [0.15, 0.2) is 18.2 Å². The number of hydrogen-bond acceptors (Lipinski definition) is 3. The highest BCUT2D eigenvalue weighted by Crippen LogP contribution is 2.17. The van der Waals surface area contributed by atoms with Crippen LogP contribution in [-0.4, -0.2) is 23.0 Å². The van der Waals surface area contributed by atoms with E-state index in [1.165, 1.54) is 25.1 Å². The molecule has 0 aliphatic carbocycles. The third-order valence-electron chi connectivity index (χ3n) is 1.98. The molecule has 4 N–H and O–H groups in total. The van der Waals surface area contributed by atoms with Crippen molar-refractivity contribution in [2.75, 3.05) is 5.73 Å². The molecule has 0 radical (unpaired) electrons. The highest BCUT2D eigenvalue weighted by Gasteiger charge is 2.16. The lowest BCUT2D eigenvalue weighted by atomic mass is 10.1. The summed E-state index contributed by atoms with van der Waals surface area (Å²) >= 11 is 5.67. The Morgan fingerprint density at radius 1 is 1.50 bits per heavy atom. The van der Waals surface area contributed by atoms with Crippen LogP contribution in [0.25, 0.3) is 0 Å². The third kappa shape index (κ3) is 2.87. The molecular formula is C10H11ClN2O3. The molecule has 16 heavy (non-hydrogen) atoms. The van der Waals surface area contributed by atoms with Crippen molar-refractivity contribution in [2.45, 2.75) is 13.0 Å². The van der Waals surface area contributed by atoms with Crippen molar-refractivity contribution < 1.29 is 14.7 Å². The van der Waals surface area contributed by atoms with E-state index in [0.717, 1.165) is 0 Å². The Bertz CT molecular complexity index is 434. The summed E-state index contributed by atoms with van der Waals surface area (Å²) in [6, 6.07) is 3.42. The molecular weight excluding hydrogens is 232 g/mol.